The number of alkyl carbamates (subject to hydrolysis) is 2. The van der Waals surface area contributed by atoms with Gasteiger partial charge in [-0.05, 0) is 35.8 Å². The molecule has 1 unspecified atom stereocenters. The standard InChI is InChI=1S/C32H46N4O7/c1-22(2)16-27(34-31(40)42-20-24-12-8-6-9-13-24)29(38)33-18-26(37)19-36(5)30(39)28(17-23(3)4)35-32(41)43-21-25-14-10-7-11-15-25/h6-15,22-23,26-28,37H,16-21H2,1-5H3,(H,33,38)(H,34,40)(H,35,41)/t26?,27-,28-/m0/s1. The van der Waals surface area contributed by atoms with E-state index >= 15 is 0 Å². The van der Waals surface area contributed by atoms with Crippen LogP contribution in [0.15, 0.2) is 60.7 Å². The van der Waals surface area contributed by atoms with E-state index in [4.69, 9.17) is 9.47 Å². The average molecular weight is 599 g/mol. The van der Waals surface area contributed by atoms with Crippen molar-refractivity contribution in [1.29, 1.82) is 0 Å². The first-order chi connectivity index (χ1) is 20.4. The smallest absolute Gasteiger partial charge is 0.408 e. The normalized spacial score (nSPS) is 13.0. The van der Waals surface area contributed by atoms with E-state index in [0.717, 1.165) is 11.1 Å². The number of carbonyl (C=O) groups excluding carboxylic acids is 4. The number of benzene rings is 2. The average Bonchev–Trinajstić information content (AvgIpc) is 2.97. The van der Waals surface area contributed by atoms with E-state index in [0.29, 0.717) is 12.8 Å². The van der Waals surface area contributed by atoms with Gasteiger partial charge in [-0.1, -0.05) is 88.4 Å². The Morgan fingerprint density at radius 3 is 1.65 bits per heavy atom. The predicted molar refractivity (Wildman–Crippen MR) is 163 cm³/mol. The zero-order chi connectivity index (χ0) is 31.8. The number of amides is 4. The molecule has 0 aromatic heterocycles. The number of nitrogens with one attached hydrogen (secondary N) is 3. The molecule has 0 bridgehead atoms. The zero-order valence-corrected chi connectivity index (χ0v) is 25.7. The molecule has 2 rings (SSSR count). The summed E-state index contributed by atoms with van der Waals surface area (Å²) in [6.45, 7) is 7.61. The van der Waals surface area contributed by atoms with E-state index in [-0.39, 0.29) is 38.1 Å². The van der Waals surface area contributed by atoms with Crippen LogP contribution in [0.2, 0.25) is 0 Å². The van der Waals surface area contributed by atoms with Crippen molar-refractivity contribution in [3.63, 3.8) is 0 Å². The maximum absolute atomic E-state index is 13.2. The van der Waals surface area contributed by atoms with Crippen molar-refractivity contribution in [3.05, 3.63) is 71.8 Å². The Morgan fingerprint density at radius 2 is 1.19 bits per heavy atom. The third-order valence-corrected chi connectivity index (χ3v) is 6.41. The molecule has 0 saturated heterocycles. The van der Waals surface area contributed by atoms with Crippen molar-refractivity contribution in [2.75, 3.05) is 20.1 Å². The van der Waals surface area contributed by atoms with Crippen LogP contribution in [0.25, 0.3) is 0 Å². The van der Waals surface area contributed by atoms with Crippen LogP contribution in [0.1, 0.15) is 51.7 Å². The molecule has 4 amide bonds. The van der Waals surface area contributed by atoms with Gasteiger partial charge in [0.05, 0.1) is 6.10 Å². The third-order valence-electron chi connectivity index (χ3n) is 6.41. The molecule has 0 aliphatic rings. The van der Waals surface area contributed by atoms with Gasteiger partial charge in [-0.25, -0.2) is 9.59 Å². The minimum absolute atomic E-state index is 0.0686. The molecule has 0 saturated carbocycles. The van der Waals surface area contributed by atoms with Crippen LogP contribution in [0.3, 0.4) is 0 Å². The van der Waals surface area contributed by atoms with Crippen molar-refractivity contribution < 1.29 is 33.8 Å². The molecule has 0 aliphatic heterocycles. The molecule has 11 nitrogen and oxygen atoms in total. The fourth-order valence-corrected chi connectivity index (χ4v) is 4.29. The second-order valence-electron chi connectivity index (χ2n) is 11.4. The molecule has 0 fully saturated rings. The van der Waals surface area contributed by atoms with Gasteiger partial charge in [0.2, 0.25) is 11.8 Å². The van der Waals surface area contributed by atoms with Gasteiger partial charge in [0.25, 0.3) is 0 Å². The zero-order valence-electron chi connectivity index (χ0n) is 25.7. The Kier molecular flexibility index (Phi) is 15.0. The van der Waals surface area contributed by atoms with Gasteiger partial charge in [0.1, 0.15) is 25.3 Å². The van der Waals surface area contributed by atoms with E-state index in [1.807, 2.05) is 88.4 Å². The number of aliphatic hydroxyl groups is 1. The first-order valence-electron chi connectivity index (χ1n) is 14.6. The maximum Gasteiger partial charge on any atom is 0.408 e. The SMILES string of the molecule is CC(C)C[C@H](NC(=O)OCc1ccccc1)C(=O)NCC(O)CN(C)C(=O)[C@H](CC(C)C)NC(=O)OCc1ccccc1. The molecular formula is C32H46N4O7. The van der Waals surface area contributed by atoms with E-state index in [1.54, 1.807) is 0 Å². The summed E-state index contributed by atoms with van der Waals surface area (Å²) < 4.78 is 10.5. The molecule has 11 heteroatoms. The molecule has 0 heterocycles. The highest BCUT2D eigenvalue weighted by molar-refractivity contribution is 5.86. The number of aliphatic hydroxyl groups excluding tert-OH is 1. The maximum atomic E-state index is 13.2. The highest BCUT2D eigenvalue weighted by Crippen LogP contribution is 2.10. The summed E-state index contributed by atoms with van der Waals surface area (Å²) in [5, 5.41) is 18.5. The molecule has 43 heavy (non-hydrogen) atoms. The predicted octanol–water partition coefficient (Wildman–Crippen LogP) is 3.60. The number of likely N-dealkylation sites (N-methyl/N-ethyl adjacent to an activating group) is 1. The lowest BCUT2D eigenvalue weighted by Crippen LogP contribution is -2.52. The lowest BCUT2D eigenvalue weighted by atomic mass is 10.0. The number of ether oxygens (including phenoxy) is 2. The van der Waals surface area contributed by atoms with Crippen molar-refractivity contribution >= 4 is 24.0 Å². The third kappa shape index (κ3) is 14.1. The van der Waals surface area contributed by atoms with Crippen molar-refractivity contribution in [3.8, 4) is 0 Å². The molecule has 2 aromatic carbocycles. The second kappa shape index (κ2) is 18.4. The molecule has 0 radical (unpaired) electrons. The molecule has 3 atom stereocenters. The van der Waals surface area contributed by atoms with Crippen LogP contribution in [0.5, 0.6) is 0 Å². The van der Waals surface area contributed by atoms with Gasteiger partial charge < -0.3 is 35.4 Å². The number of hydrogen-bond acceptors (Lipinski definition) is 7. The molecule has 0 aliphatic carbocycles. The summed E-state index contributed by atoms with van der Waals surface area (Å²) in [4.78, 5) is 52.2. The lowest BCUT2D eigenvalue weighted by molar-refractivity contribution is -0.133. The Bertz CT molecular complexity index is 1140. The highest BCUT2D eigenvalue weighted by atomic mass is 16.6. The minimum Gasteiger partial charge on any atom is -0.445 e. The van der Waals surface area contributed by atoms with Crippen molar-refractivity contribution in [2.45, 2.75) is 71.9 Å². The van der Waals surface area contributed by atoms with Crippen LogP contribution >= 0.6 is 0 Å². The Balaban J connectivity index is 1.86. The second-order valence-corrected chi connectivity index (χ2v) is 11.4. The van der Waals surface area contributed by atoms with Crippen molar-refractivity contribution in [2.24, 2.45) is 11.8 Å². The summed E-state index contributed by atoms with van der Waals surface area (Å²) in [7, 11) is 1.52. The summed E-state index contributed by atoms with van der Waals surface area (Å²) >= 11 is 0. The van der Waals surface area contributed by atoms with E-state index in [9.17, 15) is 24.3 Å². The van der Waals surface area contributed by atoms with Crippen LogP contribution in [0, 0.1) is 11.8 Å². The first kappa shape index (κ1) is 35.1. The molecule has 4 N–H and O–H groups in total. The summed E-state index contributed by atoms with van der Waals surface area (Å²) in [6, 6.07) is 16.7. The Hall–Kier alpha value is -4.12. The number of nitrogens with zero attached hydrogens (tertiary/aromatic N) is 1. The number of carbonyl (C=O) groups is 4. The molecular weight excluding hydrogens is 552 g/mol. The summed E-state index contributed by atoms with van der Waals surface area (Å²) in [5.41, 5.74) is 1.64. The fourth-order valence-electron chi connectivity index (χ4n) is 4.29. The van der Waals surface area contributed by atoms with Gasteiger partial charge in [-0.3, -0.25) is 9.59 Å². The van der Waals surface area contributed by atoms with Gasteiger partial charge in [0, 0.05) is 20.1 Å². The molecule has 2 aromatic rings. The van der Waals surface area contributed by atoms with Gasteiger partial charge >= 0.3 is 12.2 Å². The van der Waals surface area contributed by atoms with E-state index in [1.165, 1.54) is 11.9 Å². The van der Waals surface area contributed by atoms with E-state index < -0.39 is 42.2 Å². The van der Waals surface area contributed by atoms with Crippen LogP contribution in [-0.4, -0.2) is 72.3 Å². The van der Waals surface area contributed by atoms with Crippen LogP contribution < -0.4 is 16.0 Å². The van der Waals surface area contributed by atoms with Crippen molar-refractivity contribution in [1.82, 2.24) is 20.9 Å². The fraction of sp³-hybridized carbons (Fsp3) is 0.500. The lowest BCUT2D eigenvalue weighted by Gasteiger charge is -2.27. The van der Waals surface area contributed by atoms with Crippen LogP contribution in [-0.2, 0) is 32.3 Å². The van der Waals surface area contributed by atoms with Gasteiger partial charge in [-0.2, -0.15) is 0 Å². The Morgan fingerprint density at radius 1 is 0.744 bits per heavy atom. The monoisotopic (exact) mass is 598 g/mol. The molecule has 0 spiro atoms. The first-order valence-corrected chi connectivity index (χ1v) is 14.6. The van der Waals surface area contributed by atoms with Crippen LogP contribution in [0.4, 0.5) is 9.59 Å². The number of rotatable bonds is 16. The highest BCUT2D eigenvalue weighted by Gasteiger charge is 2.28. The van der Waals surface area contributed by atoms with Gasteiger partial charge in [0.15, 0.2) is 0 Å². The summed E-state index contributed by atoms with van der Waals surface area (Å²) in [6.07, 6.45) is -1.78. The minimum atomic E-state index is -1.09. The Labute approximate surface area is 254 Å². The quantitative estimate of drug-likeness (QED) is 0.231. The largest absolute Gasteiger partial charge is 0.445 e. The summed E-state index contributed by atoms with van der Waals surface area (Å²) in [5.74, 6) is -0.662. The topological polar surface area (TPSA) is 146 Å². The molecule has 236 valence electrons. The van der Waals surface area contributed by atoms with Gasteiger partial charge in [-0.15, -0.1) is 0 Å². The van der Waals surface area contributed by atoms with E-state index in [2.05, 4.69) is 16.0 Å². The number of hydrogen-bond donors (Lipinski definition) is 4.